The van der Waals surface area contributed by atoms with Crippen molar-refractivity contribution in [3.8, 4) is 11.5 Å². The molecule has 1 saturated carbocycles. The molecule has 0 spiro atoms. The molecule has 0 radical (unpaired) electrons. The molecule has 0 saturated heterocycles. The lowest BCUT2D eigenvalue weighted by Gasteiger charge is -2.18. The summed E-state index contributed by atoms with van der Waals surface area (Å²) in [4.78, 5) is 0. The van der Waals surface area contributed by atoms with Crippen molar-refractivity contribution in [1.82, 2.24) is 5.32 Å². The van der Waals surface area contributed by atoms with Crippen LogP contribution in [0.3, 0.4) is 0 Å². The second kappa shape index (κ2) is 8.74. The van der Waals surface area contributed by atoms with Crippen molar-refractivity contribution < 1.29 is 9.47 Å². The van der Waals surface area contributed by atoms with E-state index in [4.69, 9.17) is 9.47 Å². The number of rotatable bonds is 8. The first-order chi connectivity index (χ1) is 11.8. The van der Waals surface area contributed by atoms with Crippen LogP contribution in [0.1, 0.15) is 38.2 Å². The van der Waals surface area contributed by atoms with Crippen LogP contribution in [0.4, 0.5) is 0 Å². The van der Waals surface area contributed by atoms with Crippen molar-refractivity contribution in [3.05, 3.63) is 60.2 Å². The zero-order valence-corrected chi connectivity index (χ0v) is 14.4. The molecule has 1 aliphatic carbocycles. The monoisotopic (exact) mass is 325 g/mol. The van der Waals surface area contributed by atoms with E-state index in [0.29, 0.717) is 12.6 Å². The molecule has 1 fully saturated rings. The summed E-state index contributed by atoms with van der Waals surface area (Å²) in [7, 11) is 0. The topological polar surface area (TPSA) is 30.5 Å². The summed E-state index contributed by atoms with van der Waals surface area (Å²) in [6.45, 7) is 3.60. The Morgan fingerprint density at radius 3 is 2.33 bits per heavy atom. The van der Waals surface area contributed by atoms with Crippen molar-refractivity contribution in [2.75, 3.05) is 6.54 Å². The van der Waals surface area contributed by atoms with E-state index in [-0.39, 0.29) is 6.10 Å². The summed E-state index contributed by atoms with van der Waals surface area (Å²) in [6.07, 6.45) is 5.50. The van der Waals surface area contributed by atoms with Gasteiger partial charge in [0.25, 0.3) is 0 Å². The fraction of sp³-hybridized carbons (Fsp3) is 0.429. The SMILES string of the molecule is CC(CNC1CCCC1)Oc1ccc(OCc2ccccc2)cc1. The van der Waals surface area contributed by atoms with Crippen LogP contribution in [0, 0.1) is 0 Å². The summed E-state index contributed by atoms with van der Waals surface area (Å²) in [5, 5.41) is 3.60. The second-order valence-corrected chi connectivity index (χ2v) is 6.56. The van der Waals surface area contributed by atoms with E-state index in [2.05, 4.69) is 24.4 Å². The van der Waals surface area contributed by atoms with E-state index < -0.39 is 0 Å². The predicted octanol–water partition coefficient (Wildman–Crippen LogP) is 4.57. The average molecular weight is 325 g/mol. The fourth-order valence-electron chi connectivity index (χ4n) is 3.09. The van der Waals surface area contributed by atoms with E-state index in [1.807, 2.05) is 42.5 Å². The minimum atomic E-state index is 0.168. The number of nitrogens with one attached hydrogen (secondary N) is 1. The van der Waals surface area contributed by atoms with E-state index >= 15 is 0 Å². The Morgan fingerprint density at radius 1 is 0.958 bits per heavy atom. The molecule has 3 nitrogen and oxygen atoms in total. The van der Waals surface area contributed by atoms with Gasteiger partial charge in [-0.1, -0.05) is 43.2 Å². The van der Waals surface area contributed by atoms with Crippen molar-refractivity contribution in [2.45, 2.75) is 51.4 Å². The zero-order valence-electron chi connectivity index (χ0n) is 14.4. The smallest absolute Gasteiger partial charge is 0.120 e. The first-order valence-electron chi connectivity index (χ1n) is 8.96. The Balaban J connectivity index is 1.42. The van der Waals surface area contributed by atoms with Crippen LogP contribution in [-0.4, -0.2) is 18.7 Å². The van der Waals surface area contributed by atoms with Gasteiger partial charge in [-0.2, -0.15) is 0 Å². The van der Waals surface area contributed by atoms with Gasteiger partial charge in [-0.3, -0.25) is 0 Å². The van der Waals surface area contributed by atoms with Gasteiger partial charge < -0.3 is 14.8 Å². The van der Waals surface area contributed by atoms with E-state index in [9.17, 15) is 0 Å². The summed E-state index contributed by atoms with van der Waals surface area (Å²) >= 11 is 0. The molecule has 0 amide bonds. The number of benzene rings is 2. The summed E-state index contributed by atoms with van der Waals surface area (Å²) in [6, 6.07) is 18.8. The predicted molar refractivity (Wildman–Crippen MR) is 97.6 cm³/mol. The summed E-state index contributed by atoms with van der Waals surface area (Å²) in [5.41, 5.74) is 1.17. The molecule has 128 valence electrons. The van der Waals surface area contributed by atoms with E-state index in [0.717, 1.165) is 18.0 Å². The number of hydrogen-bond acceptors (Lipinski definition) is 3. The molecule has 0 bridgehead atoms. The molecule has 0 aromatic heterocycles. The second-order valence-electron chi connectivity index (χ2n) is 6.56. The molecule has 1 aliphatic rings. The third-order valence-corrected chi connectivity index (χ3v) is 4.46. The fourth-order valence-corrected chi connectivity index (χ4v) is 3.09. The maximum absolute atomic E-state index is 5.97. The highest BCUT2D eigenvalue weighted by Gasteiger charge is 2.15. The van der Waals surface area contributed by atoms with Gasteiger partial charge in [0, 0.05) is 12.6 Å². The average Bonchev–Trinajstić information content (AvgIpc) is 3.14. The lowest BCUT2D eigenvalue weighted by Crippen LogP contribution is -2.35. The van der Waals surface area contributed by atoms with Crippen LogP contribution in [0.15, 0.2) is 54.6 Å². The molecule has 1 N–H and O–H groups in total. The van der Waals surface area contributed by atoms with Gasteiger partial charge in [-0.25, -0.2) is 0 Å². The molecule has 0 aliphatic heterocycles. The van der Waals surface area contributed by atoms with Crippen molar-refractivity contribution >= 4 is 0 Å². The van der Waals surface area contributed by atoms with Crippen molar-refractivity contribution in [2.24, 2.45) is 0 Å². The molecule has 3 heteroatoms. The lowest BCUT2D eigenvalue weighted by atomic mass is 10.2. The van der Waals surface area contributed by atoms with Crippen molar-refractivity contribution in [3.63, 3.8) is 0 Å². The molecule has 2 aromatic carbocycles. The zero-order chi connectivity index (χ0) is 16.6. The van der Waals surface area contributed by atoms with Gasteiger partial charge in [-0.15, -0.1) is 0 Å². The Morgan fingerprint density at radius 2 is 1.62 bits per heavy atom. The molecular formula is C21H27NO2. The van der Waals surface area contributed by atoms with Gasteiger partial charge in [0.15, 0.2) is 0 Å². The third-order valence-electron chi connectivity index (χ3n) is 4.46. The highest BCUT2D eigenvalue weighted by Crippen LogP contribution is 2.20. The number of ether oxygens (including phenoxy) is 2. The van der Waals surface area contributed by atoms with Crippen LogP contribution in [0.2, 0.25) is 0 Å². The maximum Gasteiger partial charge on any atom is 0.120 e. The highest BCUT2D eigenvalue weighted by atomic mass is 16.5. The molecule has 2 aromatic rings. The Bertz CT molecular complexity index is 591. The molecule has 24 heavy (non-hydrogen) atoms. The first-order valence-corrected chi connectivity index (χ1v) is 8.96. The molecule has 1 unspecified atom stereocenters. The molecule has 0 heterocycles. The van der Waals surface area contributed by atoms with E-state index in [1.165, 1.54) is 31.2 Å². The summed E-state index contributed by atoms with van der Waals surface area (Å²) in [5.74, 6) is 1.76. The van der Waals surface area contributed by atoms with Crippen LogP contribution >= 0.6 is 0 Å². The normalized spacial score (nSPS) is 16.0. The minimum Gasteiger partial charge on any atom is -0.489 e. The highest BCUT2D eigenvalue weighted by molar-refractivity contribution is 5.31. The Hall–Kier alpha value is -2.00. The molecule has 1 atom stereocenters. The van der Waals surface area contributed by atoms with Crippen LogP contribution in [0.25, 0.3) is 0 Å². The molecular weight excluding hydrogens is 298 g/mol. The quantitative estimate of drug-likeness (QED) is 0.771. The maximum atomic E-state index is 5.97. The largest absolute Gasteiger partial charge is 0.489 e. The van der Waals surface area contributed by atoms with Crippen LogP contribution in [-0.2, 0) is 6.61 Å². The summed E-state index contributed by atoms with van der Waals surface area (Å²) < 4.78 is 11.8. The van der Waals surface area contributed by atoms with Gasteiger partial charge in [-0.05, 0) is 49.6 Å². The van der Waals surface area contributed by atoms with Gasteiger partial charge in [0.05, 0.1) is 0 Å². The van der Waals surface area contributed by atoms with Gasteiger partial charge >= 0.3 is 0 Å². The molecule has 3 rings (SSSR count). The third kappa shape index (κ3) is 5.27. The van der Waals surface area contributed by atoms with Gasteiger partial charge in [0.1, 0.15) is 24.2 Å². The Labute approximate surface area is 145 Å². The first kappa shape index (κ1) is 16.8. The number of hydrogen-bond donors (Lipinski definition) is 1. The van der Waals surface area contributed by atoms with Crippen LogP contribution < -0.4 is 14.8 Å². The van der Waals surface area contributed by atoms with Crippen LogP contribution in [0.5, 0.6) is 11.5 Å². The van der Waals surface area contributed by atoms with Crippen molar-refractivity contribution in [1.29, 1.82) is 0 Å². The lowest BCUT2D eigenvalue weighted by molar-refractivity contribution is 0.211. The van der Waals surface area contributed by atoms with E-state index in [1.54, 1.807) is 0 Å². The van der Waals surface area contributed by atoms with Gasteiger partial charge in [0.2, 0.25) is 0 Å². The standard InChI is InChI=1S/C21H27NO2/c1-17(15-22-19-9-5-6-10-19)24-21-13-11-20(12-14-21)23-16-18-7-3-2-4-8-18/h2-4,7-8,11-14,17,19,22H,5-6,9-10,15-16H2,1H3. The Kier molecular flexibility index (Phi) is 6.13. The minimum absolute atomic E-state index is 0.168.